The van der Waals surface area contributed by atoms with Crippen molar-refractivity contribution in [3.63, 3.8) is 0 Å². The van der Waals surface area contributed by atoms with Crippen LogP contribution in [0.25, 0.3) is 0 Å². The lowest BCUT2D eigenvalue weighted by Gasteiger charge is -2.35. The lowest BCUT2D eigenvalue weighted by molar-refractivity contribution is -0.219. The molecule has 2 rings (SSSR count). The molecule has 0 N–H and O–H groups in total. The van der Waals surface area contributed by atoms with Gasteiger partial charge >= 0.3 is 6.18 Å². The standard InChI is InChI=1S/C9H4F4O/c10-8(9(11,12)13)6-4-2-1-3-5(6)7(8)14/h1-4H. The summed E-state index contributed by atoms with van der Waals surface area (Å²) in [6, 6.07) is 4.82. The fourth-order valence-electron chi connectivity index (χ4n) is 1.51. The van der Waals surface area contributed by atoms with Crippen molar-refractivity contribution < 1.29 is 22.4 Å². The molecular formula is C9H4F4O. The Labute approximate surface area is 76.3 Å². The number of hydrogen-bond acceptors (Lipinski definition) is 1. The van der Waals surface area contributed by atoms with E-state index < -0.39 is 23.2 Å². The van der Waals surface area contributed by atoms with Crippen LogP contribution in [0.1, 0.15) is 15.9 Å². The summed E-state index contributed by atoms with van der Waals surface area (Å²) in [7, 11) is 0. The molecule has 0 aromatic heterocycles. The minimum Gasteiger partial charge on any atom is -0.290 e. The molecule has 0 fully saturated rings. The average Bonchev–Trinajstić information content (AvgIpc) is 2.14. The van der Waals surface area contributed by atoms with Gasteiger partial charge < -0.3 is 0 Å². The van der Waals surface area contributed by atoms with E-state index in [1.807, 2.05) is 0 Å². The minimum absolute atomic E-state index is 0.188. The number of carbonyl (C=O) groups is 1. The lowest BCUT2D eigenvalue weighted by atomic mass is 9.73. The van der Waals surface area contributed by atoms with Crippen LogP contribution in [0.15, 0.2) is 24.3 Å². The minimum atomic E-state index is -5.17. The van der Waals surface area contributed by atoms with Crippen molar-refractivity contribution >= 4 is 5.78 Å². The molecular weight excluding hydrogens is 200 g/mol. The average molecular weight is 204 g/mol. The van der Waals surface area contributed by atoms with Crippen LogP contribution in [0.5, 0.6) is 0 Å². The predicted octanol–water partition coefficient (Wildman–Crippen LogP) is 2.61. The Balaban J connectivity index is 2.60. The van der Waals surface area contributed by atoms with E-state index in [1.54, 1.807) is 0 Å². The fraction of sp³-hybridized carbons (Fsp3) is 0.222. The van der Waals surface area contributed by atoms with E-state index in [0.717, 1.165) is 6.07 Å². The highest BCUT2D eigenvalue weighted by atomic mass is 19.4. The number of alkyl halides is 4. The molecule has 5 heteroatoms. The molecule has 0 bridgehead atoms. The predicted molar refractivity (Wildman–Crippen MR) is 39.6 cm³/mol. The van der Waals surface area contributed by atoms with Gasteiger partial charge in [0.2, 0.25) is 5.78 Å². The molecule has 0 saturated carbocycles. The van der Waals surface area contributed by atoms with Gasteiger partial charge in [0.25, 0.3) is 5.67 Å². The van der Waals surface area contributed by atoms with Crippen molar-refractivity contribution in [1.82, 2.24) is 0 Å². The summed E-state index contributed by atoms with van der Waals surface area (Å²) in [5.74, 6) is -1.50. The number of rotatable bonds is 0. The van der Waals surface area contributed by atoms with E-state index in [-0.39, 0.29) is 5.56 Å². The Morgan fingerprint density at radius 3 is 2.29 bits per heavy atom. The number of hydrogen-bond donors (Lipinski definition) is 0. The maximum atomic E-state index is 13.3. The zero-order valence-electron chi connectivity index (χ0n) is 6.73. The first-order chi connectivity index (χ1) is 6.39. The fourth-order valence-corrected chi connectivity index (χ4v) is 1.51. The largest absolute Gasteiger partial charge is 0.434 e. The Morgan fingerprint density at radius 1 is 1.14 bits per heavy atom. The van der Waals surface area contributed by atoms with Crippen LogP contribution in [0.3, 0.4) is 0 Å². The van der Waals surface area contributed by atoms with Gasteiger partial charge in [0, 0.05) is 11.1 Å². The van der Waals surface area contributed by atoms with Gasteiger partial charge in [0.05, 0.1) is 0 Å². The van der Waals surface area contributed by atoms with Crippen LogP contribution in [0, 0.1) is 0 Å². The summed E-state index contributed by atoms with van der Waals surface area (Å²) in [6.45, 7) is 0. The normalized spacial score (nSPS) is 25.6. The van der Waals surface area contributed by atoms with Crippen LogP contribution < -0.4 is 0 Å². The summed E-state index contributed by atoms with van der Waals surface area (Å²) < 4.78 is 50.0. The van der Waals surface area contributed by atoms with Crippen LogP contribution in [-0.4, -0.2) is 12.0 Å². The number of halogens is 4. The van der Waals surface area contributed by atoms with E-state index in [1.165, 1.54) is 18.2 Å². The molecule has 1 unspecified atom stereocenters. The first-order valence-corrected chi connectivity index (χ1v) is 3.79. The van der Waals surface area contributed by atoms with Crippen molar-refractivity contribution in [1.29, 1.82) is 0 Å². The number of Topliss-reactive ketones (excluding diaryl/α,β-unsaturated/α-hetero) is 1. The molecule has 1 aliphatic carbocycles. The van der Waals surface area contributed by atoms with Gasteiger partial charge in [-0.1, -0.05) is 24.3 Å². The molecule has 14 heavy (non-hydrogen) atoms. The number of benzene rings is 1. The topological polar surface area (TPSA) is 17.1 Å². The van der Waals surface area contributed by atoms with Gasteiger partial charge in [-0.2, -0.15) is 13.2 Å². The number of ketones is 1. The van der Waals surface area contributed by atoms with Crippen LogP contribution in [0.2, 0.25) is 0 Å². The highest BCUT2D eigenvalue weighted by Crippen LogP contribution is 2.52. The second-order valence-corrected chi connectivity index (χ2v) is 3.03. The van der Waals surface area contributed by atoms with Gasteiger partial charge in [0.15, 0.2) is 0 Å². The molecule has 0 amide bonds. The molecule has 1 atom stereocenters. The number of fused-ring (bicyclic) bond motifs is 1. The Morgan fingerprint density at radius 2 is 1.71 bits per heavy atom. The van der Waals surface area contributed by atoms with Crippen molar-refractivity contribution in [3.8, 4) is 0 Å². The smallest absolute Gasteiger partial charge is 0.290 e. The molecule has 74 valence electrons. The van der Waals surface area contributed by atoms with Gasteiger partial charge in [-0.15, -0.1) is 0 Å². The molecule has 1 aromatic carbocycles. The Kier molecular flexibility index (Phi) is 1.54. The van der Waals surface area contributed by atoms with Gasteiger partial charge in [0.1, 0.15) is 0 Å². The monoisotopic (exact) mass is 204 g/mol. The molecule has 0 saturated heterocycles. The maximum absolute atomic E-state index is 13.3. The van der Waals surface area contributed by atoms with E-state index in [0.29, 0.717) is 0 Å². The first kappa shape index (κ1) is 9.18. The summed E-state index contributed by atoms with van der Waals surface area (Å²) in [4.78, 5) is 10.9. The summed E-state index contributed by atoms with van der Waals surface area (Å²) in [6.07, 6.45) is -5.17. The summed E-state index contributed by atoms with van der Waals surface area (Å²) in [5, 5.41) is 0. The first-order valence-electron chi connectivity index (χ1n) is 3.79. The third-order valence-electron chi connectivity index (χ3n) is 2.25. The highest BCUT2D eigenvalue weighted by Gasteiger charge is 2.69. The quantitative estimate of drug-likeness (QED) is 0.593. The molecule has 0 radical (unpaired) electrons. The summed E-state index contributed by atoms with van der Waals surface area (Å²) in [5.41, 5.74) is -4.56. The van der Waals surface area contributed by atoms with E-state index in [2.05, 4.69) is 0 Å². The number of carbonyl (C=O) groups excluding carboxylic acids is 1. The summed E-state index contributed by atoms with van der Waals surface area (Å²) >= 11 is 0. The highest BCUT2D eigenvalue weighted by molar-refractivity contribution is 6.13. The van der Waals surface area contributed by atoms with Gasteiger partial charge in [-0.3, -0.25) is 4.79 Å². The Bertz CT molecular complexity index is 410. The lowest BCUT2D eigenvalue weighted by Crippen LogP contribution is -2.53. The van der Waals surface area contributed by atoms with Crippen molar-refractivity contribution in [2.75, 3.05) is 0 Å². The second kappa shape index (κ2) is 2.34. The molecule has 0 aliphatic heterocycles. The SMILES string of the molecule is O=C1c2ccccc2C1(F)C(F)(F)F. The van der Waals surface area contributed by atoms with E-state index in [4.69, 9.17) is 0 Å². The molecule has 0 spiro atoms. The second-order valence-electron chi connectivity index (χ2n) is 3.03. The van der Waals surface area contributed by atoms with Crippen molar-refractivity contribution in [2.45, 2.75) is 11.8 Å². The molecule has 0 heterocycles. The van der Waals surface area contributed by atoms with Crippen LogP contribution >= 0.6 is 0 Å². The molecule has 1 nitrogen and oxygen atoms in total. The van der Waals surface area contributed by atoms with Gasteiger partial charge in [-0.05, 0) is 0 Å². The zero-order chi connectivity index (χ0) is 10.6. The van der Waals surface area contributed by atoms with E-state index >= 15 is 0 Å². The maximum Gasteiger partial charge on any atom is 0.434 e. The molecule has 1 aliphatic rings. The van der Waals surface area contributed by atoms with Gasteiger partial charge in [-0.25, -0.2) is 4.39 Å². The van der Waals surface area contributed by atoms with Crippen LogP contribution in [0.4, 0.5) is 17.6 Å². The third kappa shape index (κ3) is 0.818. The van der Waals surface area contributed by atoms with Crippen LogP contribution in [-0.2, 0) is 5.67 Å². The molecule has 1 aromatic rings. The van der Waals surface area contributed by atoms with Crippen molar-refractivity contribution in [2.24, 2.45) is 0 Å². The third-order valence-corrected chi connectivity index (χ3v) is 2.25. The Hall–Kier alpha value is -1.39. The van der Waals surface area contributed by atoms with E-state index in [9.17, 15) is 22.4 Å². The van der Waals surface area contributed by atoms with Crippen molar-refractivity contribution in [3.05, 3.63) is 35.4 Å². The zero-order valence-corrected chi connectivity index (χ0v) is 6.73.